The second-order valence-electron chi connectivity index (χ2n) is 7.32. The number of hydrogen-bond donors (Lipinski definition) is 1. The number of fused-ring (bicyclic) bond motifs is 1. The summed E-state index contributed by atoms with van der Waals surface area (Å²) in [6.07, 6.45) is 3.72. The second kappa shape index (κ2) is 7.94. The minimum Gasteiger partial charge on any atom is -0.480 e. The fourth-order valence-corrected chi connectivity index (χ4v) is 3.58. The molecule has 2 aromatic carbocycles. The SMILES string of the molecule is CC[C@@H](Oc1cccc(C)c1C)C(=O)N[C@@H](C)c1ccc2c(c1)CCC2. The summed E-state index contributed by atoms with van der Waals surface area (Å²) in [5, 5.41) is 3.13. The maximum atomic E-state index is 12.8. The number of amides is 1. The smallest absolute Gasteiger partial charge is 0.261 e. The van der Waals surface area contributed by atoms with Crippen molar-refractivity contribution in [2.75, 3.05) is 0 Å². The predicted molar refractivity (Wildman–Crippen MR) is 106 cm³/mol. The number of hydrogen-bond acceptors (Lipinski definition) is 2. The standard InChI is InChI=1S/C23H29NO2/c1-5-21(26-22-11-6-8-15(2)16(22)3)23(25)24-17(4)19-13-12-18-9-7-10-20(18)14-19/h6,8,11-14,17,21H,5,7,9-10H2,1-4H3,(H,24,25)/t17-,21+/m0/s1. The lowest BCUT2D eigenvalue weighted by Gasteiger charge is -2.22. The van der Waals surface area contributed by atoms with Gasteiger partial charge in [-0.2, -0.15) is 0 Å². The van der Waals surface area contributed by atoms with Crippen LogP contribution in [0.15, 0.2) is 36.4 Å². The topological polar surface area (TPSA) is 38.3 Å². The number of ether oxygens (including phenoxy) is 1. The zero-order chi connectivity index (χ0) is 18.7. The number of carbonyl (C=O) groups is 1. The van der Waals surface area contributed by atoms with Crippen molar-refractivity contribution >= 4 is 5.91 Å². The number of nitrogens with one attached hydrogen (secondary N) is 1. The summed E-state index contributed by atoms with van der Waals surface area (Å²) < 4.78 is 6.04. The molecule has 3 heteroatoms. The van der Waals surface area contributed by atoms with E-state index in [1.165, 1.54) is 35.1 Å². The first kappa shape index (κ1) is 18.5. The van der Waals surface area contributed by atoms with Crippen LogP contribution in [-0.4, -0.2) is 12.0 Å². The minimum absolute atomic E-state index is 0.0235. The Hall–Kier alpha value is -2.29. The van der Waals surface area contributed by atoms with E-state index in [0.717, 1.165) is 17.7 Å². The van der Waals surface area contributed by atoms with E-state index >= 15 is 0 Å². The van der Waals surface area contributed by atoms with Gasteiger partial charge in [0.05, 0.1) is 6.04 Å². The molecule has 0 spiro atoms. The third-order valence-electron chi connectivity index (χ3n) is 5.47. The largest absolute Gasteiger partial charge is 0.480 e. The Balaban J connectivity index is 1.68. The molecule has 0 bridgehead atoms. The molecule has 1 N–H and O–H groups in total. The van der Waals surface area contributed by atoms with Crippen LogP contribution in [0.2, 0.25) is 0 Å². The van der Waals surface area contributed by atoms with Crippen molar-refractivity contribution in [1.29, 1.82) is 0 Å². The van der Waals surface area contributed by atoms with Crippen LogP contribution >= 0.6 is 0 Å². The molecule has 26 heavy (non-hydrogen) atoms. The highest BCUT2D eigenvalue weighted by molar-refractivity contribution is 5.81. The van der Waals surface area contributed by atoms with Gasteiger partial charge < -0.3 is 10.1 Å². The van der Waals surface area contributed by atoms with Gasteiger partial charge in [-0.15, -0.1) is 0 Å². The van der Waals surface area contributed by atoms with Gasteiger partial charge in [0.25, 0.3) is 5.91 Å². The molecule has 1 aliphatic carbocycles. The molecule has 0 unspecified atom stereocenters. The lowest BCUT2D eigenvalue weighted by Crippen LogP contribution is -2.39. The Morgan fingerprint density at radius 1 is 1.15 bits per heavy atom. The van der Waals surface area contributed by atoms with Crippen LogP contribution < -0.4 is 10.1 Å². The van der Waals surface area contributed by atoms with Crippen LogP contribution in [0.5, 0.6) is 5.75 Å². The molecule has 0 fully saturated rings. The molecule has 0 heterocycles. The molecule has 1 aliphatic rings. The van der Waals surface area contributed by atoms with E-state index in [1.54, 1.807) is 0 Å². The second-order valence-corrected chi connectivity index (χ2v) is 7.32. The average molecular weight is 351 g/mol. The van der Waals surface area contributed by atoms with Gasteiger partial charge in [0.15, 0.2) is 6.10 Å². The Labute approximate surface area is 156 Å². The van der Waals surface area contributed by atoms with Crippen LogP contribution in [0.25, 0.3) is 0 Å². The van der Waals surface area contributed by atoms with E-state index in [1.807, 2.05) is 32.9 Å². The summed E-state index contributed by atoms with van der Waals surface area (Å²) in [5.74, 6) is 0.735. The van der Waals surface area contributed by atoms with Crippen LogP contribution in [-0.2, 0) is 17.6 Å². The van der Waals surface area contributed by atoms with Crippen LogP contribution in [0.4, 0.5) is 0 Å². The van der Waals surface area contributed by atoms with E-state index in [0.29, 0.717) is 6.42 Å². The van der Waals surface area contributed by atoms with Gasteiger partial charge in [-0.1, -0.05) is 37.3 Å². The molecular weight excluding hydrogens is 322 g/mol. The highest BCUT2D eigenvalue weighted by Gasteiger charge is 2.22. The third kappa shape index (κ3) is 3.92. The van der Waals surface area contributed by atoms with Crippen molar-refractivity contribution in [2.24, 2.45) is 0 Å². The molecule has 0 saturated heterocycles. The van der Waals surface area contributed by atoms with E-state index in [9.17, 15) is 4.79 Å². The fourth-order valence-electron chi connectivity index (χ4n) is 3.58. The Bertz CT molecular complexity index is 797. The van der Waals surface area contributed by atoms with E-state index < -0.39 is 6.10 Å². The first-order valence-electron chi connectivity index (χ1n) is 9.64. The third-order valence-corrected chi connectivity index (χ3v) is 5.47. The van der Waals surface area contributed by atoms with Crippen molar-refractivity contribution in [2.45, 2.75) is 65.5 Å². The number of carbonyl (C=O) groups excluding carboxylic acids is 1. The normalized spacial score (nSPS) is 15.2. The molecule has 3 rings (SSSR count). The molecule has 0 radical (unpaired) electrons. The molecular formula is C23H29NO2. The minimum atomic E-state index is -0.479. The van der Waals surface area contributed by atoms with Crippen LogP contribution in [0.3, 0.4) is 0 Å². The van der Waals surface area contributed by atoms with Gasteiger partial charge in [0.1, 0.15) is 5.75 Å². The van der Waals surface area contributed by atoms with E-state index in [-0.39, 0.29) is 11.9 Å². The highest BCUT2D eigenvalue weighted by Crippen LogP contribution is 2.26. The Kier molecular flexibility index (Phi) is 5.65. The molecule has 2 aromatic rings. The first-order valence-corrected chi connectivity index (χ1v) is 9.64. The van der Waals surface area contributed by atoms with Gasteiger partial charge in [0.2, 0.25) is 0 Å². The Morgan fingerprint density at radius 2 is 1.92 bits per heavy atom. The van der Waals surface area contributed by atoms with Crippen molar-refractivity contribution in [3.8, 4) is 5.75 Å². The van der Waals surface area contributed by atoms with E-state index in [4.69, 9.17) is 4.74 Å². The molecule has 138 valence electrons. The number of benzene rings is 2. The lowest BCUT2D eigenvalue weighted by molar-refractivity contribution is -0.128. The van der Waals surface area contributed by atoms with E-state index in [2.05, 4.69) is 36.5 Å². The van der Waals surface area contributed by atoms with Crippen molar-refractivity contribution < 1.29 is 9.53 Å². The molecule has 3 nitrogen and oxygen atoms in total. The first-order chi connectivity index (χ1) is 12.5. The highest BCUT2D eigenvalue weighted by atomic mass is 16.5. The maximum Gasteiger partial charge on any atom is 0.261 e. The average Bonchev–Trinajstić information content (AvgIpc) is 3.10. The summed E-state index contributed by atoms with van der Waals surface area (Å²) in [5.41, 5.74) is 6.31. The van der Waals surface area contributed by atoms with Gasteiger partial charge in [-0.3, -0.25) is 4.79 Å². The van der Waals surface area contributed by atoms with Gasteiger partial charge in [0, 0.05) is 0 Å². The predicted octanol–water partition coefficient (Wildman–Crippen LogP) is 4.83. The summed E-state index contributed by atoms with van der Waals surface area (Å²) in [4.78, 5) is 12.8. The maximum absolute atomic E-state index is 12.8. The molecule has 0 aliphatic heterocycles. The lowest BCUT2D eigenvalue weighted by atomic mass is 10.0. The van der Waals surface area contributed by atoms with Crippen LogP contribution in [0.1, 0.15) is 60.5 Å². The van der Waals surface area contributed by atoms with Gasteiger partial charge >= 0.3 is 0 Å². The number of rotatable bonds is 6. The van der Waals surface area contributed by atoms with Crippen molar-refractivity contribution in [3.63, 3.8) is 0 Å². The molecule has 0 aromatic heterocycles. The summed E-state index contributed by atoms with van der Waals surface area (Å²) in [6, 6.07) is 12.5. The van der Waals surface area contributed by atoms with Crippen molar-refractivity contribution in [3.05, 3.63) is 64.2 Å². The monoisotopic (exact) mass is 351 g/mol. The quantitative estimate of drug-likeness (QED) is 0.810. The van der Waals surface area contributed by atoms with Crippen LogP contribution in [0, 0.1) is 13.8 Å². The van der Waals surface area contributed by atoms with Gasteiger partial charge in [-0.25, -0.2) is 0 Å². The zero-order valence-electron chi connectivity index (χ0n) is 16.3. The summed E-state index contributed by atoms with van der Waals surface area (Å²) >= 11 is 0. The summed E-state index contributed by atoms with van der Waals surface area (Å²) in [6.45, 7) is 8.11. The number of aryl methyl sites for hydroxylation is 3. The Morgan fingerprint density at radius 3 is 2.69 bits per heavy atom. The fraction of sp³-hybridized carbons (Fsp3) is 0.435. The molecule has 0 saturated carbocycles. The zero-order valence-corrected chi connectivity index (χ0v) is 16.3. The molecule has 2 atom stereocenters. The molecule has 1 amide bonds. The van der Waals surface area contributed by atoms with Crippen molar-refractivity contribution in [1.82, 2.24) is 5.32 Å². The summed E-state index contributed by atoms with van der Waals surface area (Å²) in [7, 11) is 0. The van der Waals surface area contributed by atoms with Gasteiger partial charge in [-0.05, 0) is 80.3 Å².